The summed E-state index contributed by atoms with van der Waals surface area (Å²) in [5.74, 6) is -2.02. The number of carboxylic acid groups (broad SMARTS) is 1. The van der Waals surface area contributed by atoms with E-state index in [0.29, 0.717) is 23.9 Å². The lowest BCUT2D eigenvalue weighted by Crippen LogP contribution is -2.40. The summed E-state index contributed by atoms with van der Waals surface area (Å²) in [6, 6.07) is 0. The minimum Gasteiger partial charge on any atom is -0.477 e. The van der Waals surface area contributed by atoms with E-state index in [9.17, 15) is 19.5 Å². The third-order valence-electron chi connectivity index (χ3n) is 10.5. The maximum absolute atomic E-state index is 12.8. The average molecular weight is 873 g/mol. The number of esters is 2. The van der Waals surface area contributed by atoms with Gasteiger partial charge in [-0.15, -0.1) is 0 Å². The second kappa shape index (κ2) is 44.6. The Morgan fingerprint density at radius 1 is 0.500 bits per heavy atom. The molecule has 9 nitrogen and oxygen atoms in total. The predicted octanol–water partition coefficient (Wildman–Crippen LogP) is 13.7. The van der Waals surface area contributed by atoms with Crippen molar-refractivity contribution in [1.29, 1.82) is 0 Å². The zero-order valence-corrected chi connectivity index (χ0v) is 40.5. The maximum Gasteiger partial charge on any atom is 0.361 e. The van der Waals surface area contributed by atoms with Crippen LogP contribution in [0.2, 0.25) is 0 Å². The molecule has 0 bridgehead atoms. The minimum absolute atomic E-state index is 0.184. The molecule has 62 heavy (non-hydrogen) atoms. The molecule has 9 heteroatoms. The molecule has 0 aromatic carbocycles. The van der Waals surface area contributed by atoms with E-state index in [1.54, 1.807) is 0 Å². The second-order valence-electron chi connectivity index (χ2n) is 17.8. The van der Waals surface area contributed by atoms with Gasteiger partial charge in [0.1, 0.15) is 13.2 Å². The number of carboxylic acids is 1. The highest BCUT2D eigenvalue weighted by molar-refractivity contribution is 5.71. The van der Waals surface area contributed by atoms with Gasteiger partial charge in [0.2, 0.25) is 0 Å². The quantitative estimate of drug-likeness (QED) is 0.0212. The Labute approximate surface area is 380 Å². The summed E-state index contributed by atoms with van der Waals surface area (Å²) in [5, 5.41) is 9.66. The number of aliphatic carboxylic acids is 1. The zero-order chi connectivity index (χ0) is 45.6. The highest BCUT2D eigenvalue weighted by atomic mass is 16.7. The lowest BCUT2D eigenvalue weighted by Gasteiger charge is -2.25. The van der Waals surface area contributed by atoms with Gasteiger partial charge in [-0.05, 0) is 57.8 Å². The summed E-state index contributed by atoms with van der Waals surface area (Å²) in [6.07, 6.45) is 51.3. The van der Waals surface area contributed by atoms with E-state index >= 15 is 0 Å². The van der Waals surface area contributed by atoms with E-state index in [2.05, 4.69) is 74.6 Å². The lowest BCUT2D eigenvalue weighted by atomic mass is 10.0. The molecule has 1 N–H and O–H groups in total. The van der Waals surface area contributed by atoms with Crippen LogP contribution in [0.4, 0.5) is 0 Å². The van der Waals surface area contributed by atoms with E-state index in [4.69, 9.17) is 18.9 Å². The van der Waals surface area contributed by atoms with Crippen molar-refractivity contribution in [3.63, 3.8) is 0 Å². The zero-order valence-electron chi connectivity index (χ0n) is 40.5. The molecule has 2 atom stereocenters. The van der Waals surface area contributed by atoms with Gasteiger partial charge in [-0.2, -0.15) is 0 Å². The first-order valence-electron chi connectivity index (χ1n) is 25.0. The van der Waals surface area contributed by atoms with Gasteiger partial charge in [-0.1, -0.05) is 190 Å². The molecule has 358 valence electrons. The number of carbonyl (C=O) groups is 3. The molecule has 0 aliphatic heterocycles. The molecule has 0 heterocycles. The van der Waals surface area contributed by atoms with Crippen molar-refractivity contribution in [2.45, 2.75) is 212 Å². The van der Waals surface area contributed by atoms with Crippen molar-refractivity contribution in [2.24, 2.45) is 0 Å². The Hall–Kier alpha value is -3.01. The SMILES string of the molecule is CC/C=C\C/C=C\C/C=C\C/C=C\C/C=C\CCCCCCCCCC(=O)OC(COC(=O)CCCCCCCCCCCCCCCC)COC(OCC[N+](C)(C)C)C(=O)O. The first-order chi connectivity index (χ1) is 30.1. The smallest absolute Gasteiger partial charge is 0.361 e. The maximum atomic E-state index is 12.8. The molecule has 0 saturated heterocycles. The van der Waals surface area contributed by atoms with Crippen LogP contribution in [-0.2, 0) is 33.3 Å². The minimum atomic E-state index is -1.51. The number of unbranched alkanes of at least 4 members (excludes halogenated alkanes) is 20. The van der Waals surface area contributed by atoms with E-state index in [1.165, 1.54) is 89.9 Å². The molecule has 0 spiro atoms. The van der Waals surface area contributed by atoms with Crippen LogP contribution in [0.25, 0.3) is 0 Å². The van der Waals surface area contributed by atoms with Crippen LogP contribution < -0.4 is 0 Å². The fraction of sp³-hybridized carbons (Fsp3) is 0.755. The first-order valence-corrected chi connectivity index (χ1v) is 25.0. The number of likely N-dealkylation sites (N-methyl/N-ethyl adjacent to an activating group) is 1. The number of hydrogen-bond acceptors (Lipinski definition) is 7. The summed E-state index contributed by atoms with van der Waals surface area (Å²) in [7, 11) is 5.95. The van der Waals surface area contributed by atoms with Crippen LogP contribution in [-0.4, -0.2) is 87.4 Å². The molecule has 0 rings (SSSR count). The first kappa shape index (κ1) is 59.0. The topological polar surface area (TPSA) is 108 Å². The molecular weight excluding hydrogens is 779 g/mol. The van der Waals surface area contributed by atoms with Gasteiger partial charge < -0.3 is 28.5 Å². The highest BCUT2D eigenvalue weighted by Crippen LogP contribution is 2.15. The normalized spacial score (nSPS) is 13.4. The molecule has 0 aliphatic rings. The summed E-state index contributed by atoms with van der Waals surface area (Å²) in [4.78, 5) is 37.2. The largest absolute Gasteiger partial charge is 0.477 e. The van der Waals surface area contributed by atoms with Crippen LogP contribution in [0.5, 0.6) is 0 Å². The van der Waals surface area contributed by atoms with Gasteiger partial charge in [-0.25, -0.2) is 4.79 Å². The van der Waals surface area contributed by atoms with Gasteiger partial charge in [0.15, 0.2) is 6.10 Å². The number of quaternary nitrogens is 1. The Bertz CT molecular complexity index is 1200. The number of hydrogen-bond donors (Lipinski definition) is 1. The molecule has 0 aromatic rings. The molecule has 0 amide bonds. The van der Waals surface area contributed by atoms with Gasteiger partial charge in [0.05, 0.1) is 34.4 Å². The molecule has 0 aliphatic carbocycles. The Kier molecular flexibility index (Phi) is 42.4. The van der Waals surface area contributed by atoms with Crippen molar-refractivity contribution >= 4 is 17.9 Å². The van der Waals surface area contributed by atoms with Gasteiger partial charge in [0.25, 0.3) is 6.29 Å². The summed E-state index contributed by atoms with van der Waals surface area (Å²) < 4.78 is 22.8. The van der Waals surface area contributed by atoms with E-state index < -0.39 is 24.3 Å². The van der Waals surface area contributed by atoms with E-state index in [1.807, 2.05) is 21.1 Å². The summed E-state index contributed by atoms with van der Waals surface area (Å²) >= 11 is 0. The number of nitrogens with zero attached hydrogens (tertiary/aromatic N) is 1. The van der Waals surface area contributed by atoms with E-state index in [0.717, 1.165) is 77.0 Å². The molecule has 0 saturated carbocycles. The molecule has 0 aromatic heterocycles. The standard InChI is InChI=1S/C53H93NO8/c1-6-8-10-12-14-16-18-20-22-23-24-25-26-27-28-29-30-32-34-36-38-40-42-44-51(56)62-49(48-61-53(52(57)58)59-46-45-54(3,4)5)47-60-50(55)43-41-39-37-35-33-31-21-19-17-15-13-11-9-7-2/h8,10,14,16,20,22,24-25,27-28,49,53H,6-7,9,11-13,15,17-19,21,23,26,29-48H2,1-5H3/p+1/b10-8-,16-14-,22-20-,25-24-,28-27-. The van der Waals surface area contributed by atoms with Crippen LogP contribution in [0.15, 0.2) is 60.8 Å². The number of allylic oxidation sites excluding steroid dienone is 10. The third kappa shape index (κ3) is 45.0. The Morgan fingerprint density at radius 2 is 0.919 bits per heavy atom. The fourth-order valence-corrected chi connectivity index (χ4v) is 6.69. The van der Waals surface area contributed by atoms with Gasteiger partial charge in [-0.3, -0.25) is 9.59 Å². The van der Waals surface area contributed by atoms with Crippen molar-refractivity contribution in [3.05, 3.63) is 60.8 Å². The molecular formula is C53H94NO8+. The fourth-order valence-electron chi connectivity index (χ4n) is 6.69. The molecule has 0 fully saturated rings. The van der Waals surface area contributed by atoms with Gasteiger partial charge >= 0.3 is 17.9 Å². The van der Waals surface area contributed by atoms with Crippen LogP contribution in [0, 0.1) is 0 Å². The molecule has 2 unspecified atom stereocenters. The number of carbonyl (C=O) groups excluding carboxylic acids is 2. The third-order valence-corrected chi connectivity index (χ3v) is 10.5. The van der Waals surface area contributed by atoms with Crippen molar-refractivity contribution in [2.75, 3.05) is 47.5 Å². The van der Waals surface area contributed by atoms with Crippen LogP contribution >= 0.6 is 0 Å². The second-order valence-corrected chi connectivity index (χ2v) is 17.8. The van der Waals surface area contributed by atoms with Crippen molar-refractivity contribution in [3.8, 4) is 0 Å². The summed E-state index contributed by atoms with van der Waals surface area (Å²) in [6.45, 7) is 4.75. The van der Waals surface area contributed by atoms with E-state index in [-0.39, 0.29) is 32.2 Å². The Balaban J connectivity index is 4.37. The number of rotatable bonds is 45. The van der Waals surface area contributed by atoms with Crippen LogP contribution in [0.1, 0.15) is 200 Å². The molecule has 0 radical (unpaired) electrons. The predicted molar refractivity (Wildman–Crippen MR) is 258 cm³/mol. The van der Waals surface area contributed by atoms with Crippen molar-refractivity contribution in [1.82, 2.24) is 0 Å². The number of ether oxygens (including phenoxy) is 4. The van der Waals surface area contributed by atoms with Crippen LogP contribution in [0.3, 0.4) is 0 Å². The highest BCUT2D eigenvalue weighted by Gasteiger charge is 2.25. The Morgan fingerprint density at radius 3 is 1.37 bits per heavy atom. The summed E-state index contributed by atoms with van der Waals surface area (Å²) in [5.41, 5.74) is 0. The van der Waals surface area contributed by atoms with Crippen molar-refractivity contribution < 1.29 is 42.9 Å². The van der Waals surface area contributed by atoms with Gasteiger partial charge in [0, 0.05) is 12.8 Å². The average Bonchev–Trinajstić information content (AvgIpc) is 3.23. The lowest BCUT2D eigenvalue weighted by molar-refractivity contribution is -0.870. The monoisotopic (exact) mass is 873 g/mol.